The lowest BCUT2D eigenvalue weighted by atomic mass is 10.2. The standard InChI is InChI=1S/C20H17N5O3/c1-27-15-6-7-18(28-2)17(11-15)25-20-22-9-8-16(24-20)19(26)23-14-5-3-4-13(10-14)12-21/h3-11H,1-2H3,(H,23,26)(H,22,24,25). The van der Waals surface area contributed by atoms with Crippen molar-refractivity contribution in [3.63, 3.8) is 0 Å². The van der Waals surface area contributed by atoms with Crippen LogP contribution in [-0.4, -0.2) is 30.1 Å². The minimum absolute atomic E-state index is 0.168. The molecule has 0 fully saturated rings. The van der Waals surface area contributed by atoms with Gasteiger partial charge in [0.15, 0.2) is 0 Å². The number of benzene rings is 2. The van der Waals surface area contributed by atoms with Crippen LogP contribution in [0.4, 0.5) is 17.3 Å². The van der Waals surface area contributed by atoms with E-state index in [2.05, 4.69) is 20.6 Å². The molecule has 0 saturated carbocycles. The summed E-state index contributed by atoms with van der Waals surface area (Å²) in [6.07, 6.45) is 1.47. The molecule has 1 heterocycles. The van der Waals surface area contributed by atoms with E-state index in [9.17, 15) is 4.79 Å². The third-order valence-electron chi connectivity index (χ3n) is 3.79. The summed E-state index contributed by atoms with van der Waals surface area (Å²) in [5.74, 6) is 1.02. The summed E-state index contributed by atoms with van der Waals surface area (Å²) in [5, 5.41) is 14.7. The van der Waals surface area contributed by atoms with Crippen molar-refractivity contribution in [2.24, 2.45) is 0 Å². The van der Waals surface area contributed by atoms with E-state index in [4.69, 9.17) is 14.7 Å². The van der Waals surface area contributed by atoms with Gasteiger partial charge in [0.2, 0.25) is 5.95 Å². The van der Waals surface area contributed by atoms with Gasteiger partial charge in [0.1, 0.15) is 17.2 Å². The van der Waals surface area contributed by atoms with E-state index < -0.39 is 5.91 Å². The lowest BCUT2D eigenvalue weighted by molar-refractivity contribution is 0.102. The molecule has 0 saturated heterocycles. The Morgan fingerprint density at radius 2 is 1.96 bits per heavy atom. The summed E-state index contributed by atoms with van der Waals surface area (Å²) in [4.78, 5) is 20.9. The lowest BCUT2D eigenvalue weighted by Crippen LogP contribution is -2.15. The van der Waals surface area contributed by atoms with Crippen molar-refractivity contribution in [1.29, 1.82) is 5.26 Å². The molecule has 8 nitrogen and oxygen atoms in total. The molecule has 0 atom stereocenters. The zero-order valence-electron chi connectivity index (χ0n) is 15.3. The quantitative estimate of drug-likeness (QED) is 0.680. The van der Waals surface area contributed by atoms with Gasteiger partial charge in [0.25, 0.3) is 5.91 Å². The van der Waals surface area contributed by atoms with Crippen molar-refractivity contribution in [1.82, 2.24) is 9.97 Å². The van der Waals surface area contributed by atoms with Crippen molar-refractivity contribution >= 4 is 23.2 Å². The van der Waals surface area contributed by atoms with Gasteiger partial charge < -0.3 is 20.1 Å². The Labute approximate surface area is 161 Å². The maximum absolute atomic E-state index is 12.5. The Balaban J connectivity index is 1.80. The first-order valence-corrected chi connectivity index (χ1v) is 8.26. The summed E-state index contributed by atoms with van der Waals surface area (Å²) in [6, 6.07) is 15.4. The Kier molecular flexibility index (Phi) is 5.67. The number of nitrogens with one attached hydrogen (secondary N) is 2. The maximum Gasteiger partial charge on any atom is 0.274 e. The Morgan fingerprint density at radius 3 is 2.71 bits per heavy atom. The van der Waals surface area contributed by atoms with Crippen LogP contribution in [-0.2, 0) is 0 Å². The Bertz CT molecular complexity index is 1050. The van der Waals surface area contributed by atoms with Crippen LogP contribution in [0.3, 0.4) is 0 Å². The number of aromatic nitrogens is 2. The molecule has 28 heavy (non-hydrogen) atoms. The minimum atomic E-state index is -0.418. The van der Waals surface area contributed by atoms with E-state index in [-0.39, 0.29) is 11.6 Å². The van der Waals surface area contributed by atoms with Crippen molar-refractivity contribution in [2.45, 2.75) is 0 Å². The molecule has 140 valence electrons. The van der Waals surface area contributed by atoms with Crippen molar-refractivity contribution in [3.8, 4) is 17.6 Å². The number of ether oxygens (including phenoxy) is 2. The molecule has 0 aliphatic heterocycles. The second kappa shape index (κ2) is 8.51. The molecular formula is C20H17N5O3. The molecule has 0 aliphatic carbocycles. The van der Waals surface area contributed by atoms with Gasteiger partial charge in [-0.15, -0.1) is 0 Å². The van der Waals surface area contributed by atoms with E-state index in [1.54, 1.807) is 56.7 Å². The first-order valence-electron chi connectivity index (χ1n) is 8.26. The van der Waals surface area contributed by atoms with Gasteiger partial charge in [-0.05, 0) is 36.4 Å². The number of hydrogen-bond donors (Lipinski definition) is 2. The third kappa shape index (κ3) is 4.34. The minimum Gasteiger partial charge on any atom is -0.497 e. The molecule has 3 rings (SSSR count). The van der Waals surface area contributed by atoms with Gasteiger partial charge in [-0.25, -0.2) is 9.97 Å². The summed E-state index contributed by atoms with van der Waals surface area (Å²) >= 11 is 0. The molecule has 0 aliphatic rings. The van der Waals surface area contributed by atoms with Crippen molar-refractivity contribution < 1.29 is 14.3 Å². The smallest absolute Gasteiger partial charge is 0.274 e. The molecule has 0 spiro atoms. The van der Waals surface area contributed by atoms with E-state index >= 15 is 0 Å². The first kappa shape index (κ1) is 18.7. The third-order valence-corrected chi connectivity index (χ3v) is 3.79. The predicted octanol–water partition coefficient (Wildman–Crippen LogP) is 3.36. The van der Waals surface area contributed by atoms with E-state index in [1.807, 2.05) is 6.07 Å². The molecule has 0 bridgehead atoms. The molecule has 2 aromatic carbocycles. The van der Waals surface area contributed by atoms with E-state index in [1.165, 1.54) is 12.3 Å². The summed E-state index contributed by atoms with van der Waals surface area (Å²) in [6.45, 7) is 0. The van der Waals surface area contributed by atoms with Gasteiger partial charge in [-0.2, -0.15) is 5.26 Å². The second-order valence-electron chi connectivity index (χ2n) is 5.60. The zero-order valence-corrected chi connectivity index (χ0v) is 15.3. The van der Waals surface area contributed by atoms with Crippen LogP contribution in [0.25, 0.3) is 0 Å². The van der Waals surface area contributed by atoms with Crippen LogP contribution in [0.5, 0.6) is 11.5 Å². The summed E-state index contributed by atoms with van der Waals surface area (Å²) < 4.78 is 10.5. The highest BCUT2D eigenvalue weighted by molar-refractivity contribution is 6.03. The topological polar surface area (TPSA) is 109 Å². The highest BCUT2D eigenvalue weighted by atomic mass is 16.5. The number of nitrogens with zero attached hydrogens (tertiary/aromatic N) is 3. The number of methoxy groups -OCH3 is 2. The van der Waals surface area contributed by atoms with Crippen molar-refractivity contribution in [2.75, 3.05) is 24.9 Å². The van der Waals surface area contributed by atoms with Crippen LogP contribution < -0.4 is 20.1 Å². The average molecular weight is 375 g/mol. The van der Waals surface area contributed by atoms with Crippen LogP contribution in [0.1, 0.15) is 16.1 Å². The van der Waals surface area contributed by atoms with Gasteiger partial charge in [-0.3, -0.25) is 4.79 Å². The second-order valence-corrected chi connectivity index (χ2v) is 5.60. The van der Waals surface area contributed by atoms with Gasteiger partial charge in [0.05, 0.1) is 31.5 Å². The molecule has 3 aromatic rings. The predicted molar refractivity (Wildman–Crippen MR) is 104 cm³/mol. The Hall–Kier alpha value is -4.12. The summed E-state index contributed by atoms with van der Waals surface area (Å²) in [7, 11) is 3.11. The van der Waals surface area contributed by atoms with Gasteiger partial charge in [-0.1, -0.05) is 6.07 Å². The van der Waals surface area contributed by atoms with Gasteiger partial charge in [0, 0.05) is 18.0 Å². The fraction of sp³-hybridized carbons (Fsp3) is 0.100. The molecular weight excluding hydrogens is 358 g/mol. The molecule has 8 heteroatoms. The zero-order chi connectivity index (χ0) is 19.9. The number of nitriles is 1. The highest BCUT2D eigenvalue weighted by Gasteiger charge is 2.12. The summed E-state index contributed by atoms with van der Waals surface area (Å²) in [5.41, 5.74) is 1.72. The van der Waals surface area contributed by atoms with Gasteiger partial charge >= 0.3 is 0 Å². The fourth-order valence-electron chi connectivity index (χ4n) is 2.44. The fourth-order valence-corrected chi connectivity index (χ4v) is 2.44. The molecule has 0 unspecified atom stereocenters. The highest BCUT2D eigenvalue weighted by Crippen LogP contribution is 2.30. The first-order chi connectivity index (χ1) is 13.6. The molecule has 2 N–H and O–H groups in total. The molecule has 0 radical (unpaired) electrons. The number of hydrogen-bond acceptors (Lipinski definition) is 7. The number of carbonyl (C=O) groups is 1. The van der Waals surface area contributed by atoms with E-state index in [0.717, 1.165) is 0 Å². The van der Waals surface area contributed by atoms with E-state index in [0.29, 0.717) is 28.4 Å². The molecule has 1 aromatic heterocycles. The monoisotopic (exact) mass is 375 g/mol. The number of anilines is 3. The van der Waals surface area contributed by atoms with Crippen molar-refractivity contribution in [3.05, 3.63) is 66.0 Å². The van der Waals surface area contributed by atoms with Crippen LogP contribution in [0, 0.1) is 11.3 Å². The number of rotatable bonds is 6. The molecule has 1 amide bonds. The lowest BCUT2D eigenvalue weighted by Gasteiger charge is -2.12. The Morgan fingerprint density at radius 1 is 1.11 bits per heavy atom. The number of amides is 1. The van der Waals surface area contributed by atoms with Crippen LogP contribution in [0.2, 0.25) is 0 Å². The SMILES string of the molecule is COc1ccc(OC)c(Nc2nccc(C(=O)Nc3cccc(C#N)c3)n2)c1. The largest absolute Gasteiger partial charge is 0.497 e. The average Bonchev–Trinajstić information content (AvgIpc) is 2.74. The van der Waals surface area contributed by atoms with Crippen LogP contribution >= 0.6 is 0 Å². The maximum atomic E-state index is 12.5. The normalized spacial score (nSPS) is 9.89. The van der Waals surface area contributed by atoms with Crippen LogP contribution in [0.15, 0.2) is 54.7 Å². The number of carbonyl (C=O) groups excluding carboxylic acids is 1.